The maximum absolute atomic E-state index is 12.4. The Morgan fingerprint density at radius 3 is 0.662 bits per heavy atom. The molecule has 1 atom stereocenters. The molecule has 0 aromatic carbocycles. The zero-order chi connectivity index (χ0) is 57.9. The fourth-order valence-electron chi connectivity index (χ4n) is 2.25. The van der Waals surface area contributed by atoms with Crippen molar-refractivity contribution in [1.82, 2.24) is 0 Å². The van der Waals surface area contributed by atoms with Gasteiger partial charge >= 0.3 is 36.8 Å². The summed E-state index contributed by atoms with van der Waals surface area (Å²) in [6.45, 7) is 14.7. The van der Waals surface area contributed by atoms with Gasteiger partial charge in [0.15, 0.2) is 0 Å². The van der Waals surface area contributed by atoms with E-state index in [0.29, 0.717) is 6.10 Å². The first-order chi connectivity index (χ1) is 28.8. The Balaban J connectivity index is -0.000000104. The summed E-state index contributed by atoms with van der Waals surface area (Å²) in [5.74, 6) is -27.0. The van der Waals surface area contributed by atoms with E-state index in [2.05, 4.69) is 13.8 Å². The highest BCUT2D eigenvalue weighted by atomic mass is 19.4. The van der Waals surface area contributed by atoms with E-state index in [4.69, 9.17) is 9.47 Å². The normalized spacial score (nSPS) is 13.8. The van der Waals surface area contributed by atoms with Gasteiger partial charge in [0, 0.05) is 47.3 Å². The van der Waals surface area contributed by atoms with Gasteiger partial charge in [0.1, 0.15) is 19.3 Å². The van der Waals surface area contributed by atoms with Crippen LogP contribution in [0.1, 0.15) is 141 Å². The fourth-order valence-corrected chi connectivity index (χ4v) is 2.25. The minimum absolute atomic E-state index is 0.0417. The van der Waals surface area contributed by atoms with Crippen LogP contribution < -0.4 is 0 Å². The molecule has 0 aliphatic rings. The average Bonchev–Trinajstić information content (AvgIpc) is 2.98. The molecule has 0 spiro atoms. The molecular weight excluding hydrogens is 1030 g/mol. The molecule has 0 bridgehead atoms. The Hall–Kier alpha value is -2.11. The van der Waals surface area contributed by atoms with E-state index in [0.717, 1.165) is 27.2 Å². The Morgan fingerprint density at radius 1 is 0.353 bits per heavy atom. The molecule has 68 heavy (non-hydrogen) atoms. The smallest absolute Gasteiger partial charge is 0.382 e. The third-order valence-electron chi connectivity index (χ3n) is 6.21. The lowest BCUT2D eigenvalue weighted by Gasteiger charge is -2.22. The van der Waals surface area contributed by atoms with Crippen molar-refractivity contribution < 1.29 is 137 Å². The number of hydrogen-bond acceptors (Lipinski definition) is 2. The SMILES string of the molecule is CC(F)(F)C(F)(F)F.CC(F)(F)CC(F)(F)CC(F)(F)F.CC(F)(F)F.CCC(C)(F)F.CCC(C)OC.CCC(F)(F)CC(F)(F)CC(F)(F)F.CCC(F)(F)CC(F)(F)F.COC(C)(C)C. The second-order valence-electron chi connectivity index (χ2n) is 15.3. The molecule has 424 valence electrons. The van der Waals surface area contributed by atoms with Crippen molar-refractivity contribution in [1.29, 1.82) is 0 Å². The van der Waals surface area contributed by atoms with E-state index in [1.54, 1.807) is 14.2 Å². The molecule has 0 N–H and O–H groups in total. The van der Waals surface area contributed by atoms with Crippen molar-refractivity contribution in [2.45, 2.75) is 225 Å². The van der Waals surface area contributed by atoms with Crippen LogP contribution in [-0.4, -0.2) is 98.3 Å². The highest BCUT2D eigenvalue weighted by Crippen LogP contribution is 2.41. The molecule has 0 rings (SSSR count). The molecule has 0 aliphatic heterocycles. The first-order valence-corrected chi connectivity index (χ1v) is 18.9. The quantitative estimate of drug-likeness (QED) is 0.181. The predicted octanol–water partition coefficient (Wildman–Crippen LogP) is 19.3. The molecule has 0 radical (unpaired) electrons. The van der Waals surface area contributed by atoms with E-state index in [1.165, 1.54) is 6.92 Å². The first kappa shape index (κ1) is 82.8. The van der Waals surface area contributed by atoms with Crippen molar-refractivity contribution in [3.63, 3.8) is 0 Å². The molecule has 2 nitrogen and oxygen atoms in total. The lowest BCUT2D eigenvalue weighted by molar-refractivity contribution is -0.273. The Kier molecular flexibility index (Phi) is 39.9. The number of methoxy groups -OCH3 is 2. The highest BCUT2D eigenvalue weighted by molar-refractivity contribution is 4.79. The maximum atomic E-state index is 12.4. The van der Waals surface area contributed by atoms with Crippen LogP contribution >= 0.6 is 0 Å². The summed E-state index contributed by atoms with van der Waals surface area (Å²) < 4.78 is 343. The van der Waals surface area contributed by atoms with Gasteiger partial charge in [-0.05, 0) is 48.0 Å². The summed E-state index contributed by atoms with van der Waals surface area (Å²) in [7, 11) is 3.44. The van der Waals surface area contributed by atoms with E-state index in [-0.39, 0.29) is 32.8 Å². The summed E-state index contributed by atoms with van der Waals surface area (Å²) in [5, 5.41) is 0. The van der Waals surface area contributed by atoms with E-state index in [1.807, 2.05) is 20.8 Å². The molecule has 0 aliphatic carbocycles. The van der Waals surface area contributed by atoms with E-state index < -0.39 is 117 Å². The molecule has 31 heteroatoms. The van der Waals surface area contributed by atoms with E-state index in [9.17, 15) is 127 Å². The Morgan fingerprint density at radius 2 is 0.559 bits per heavy atom. The summed E-state index contributed by atoms with van der Waals surface area (Å²) in [4.78, 5) is 0. The monoisotopic (exact) mass is 1090 g/mol. The van der Waals surface area contributed by atoms with Gasteiger partial charge in [0.2, 0.25) is 5.92 Å². The van der Waals surface area contributed by atoms with Gasteiger partial charge in [-0.25, -0.2) is 52.7 Å². The molecule has 0 saturated heterocycles. The molecule has 0 fully saturated rings. The van der Waals surface area contributed by atoms with Gasteiger partial charge < -0.3 is 9.47 Å². The summed E-state index contributed by atoms with van der Waals surface area (Å²) in [6.07, 6.45) is -35.8. The second-order valence-corrected chi connectivity index (χ2v) is 15.3. The summed E-state index contributed by atoms with van der Waals surface area (Å²) >= 11 is 0. The maximum Gasteiger partial charge on any atom is 0.452 e. The standard InChI is InChI=1S/C7H9F7.C6H7F7.C5H7F5.2C5H12O.C4H8F2.C3H3F5.C2H3F3/c1-2-5(8,9)3-6(10,11)4-7(12,13)14;1-4(7,8)2-5(9,10)3-6(11,12)13;1-2-4(6,7)3-5(8,9)10;1-5(2,3)6-4;1-4-5(2)6-3;1-3-4(2,5)6;1-2(4,5)3(6,7)8;1-2(3,4)5/h2-4H2,1H3;2-3H2,1H3;2-3H2,1H3;1-4H3;5H,4H2,1-3H3;3H2,1-2H3;1H3;1H3. The van der Waals surface area contributed by atoms with Gasteiger partial charge in [-0.3, -0.25) is 0 Å². The van der Waals surface area contributed by atoms with Crippen LogP contribution in [0.3, 0.4) is 0 Å². The molecule has 0 saturated carbocycles. The molecule has 0 aromatic heterocycles. The number of halogens is 29. The highest BCUT2D eigenvalue weighted by Gasteiger charge is 2.53. The number of alkyl halides is 29. The largest absolute Gasteiger partial charge is 0.452 e. The van der Waals surface area contributed by atoms with Crippen molar-refractivity contribution in [2.24, 2.45) is 0 Å². The van der Waals surface area contributed by atoms with Crippen LogP contribution in [0.4, 0.5) is 127 Å². The van der Waals surface area contributed by atoms with Crippen molar-refractivity contribution >= 4 is 0 Å². The average molecular weight is 1090 g/mol. The van der Waals surface area contributed by atoms with Crippen LogP contribution in [0.25, 0.3) is 0 Å². The third-order valence-corrected chi connectivity index (χ3v) is 6.21. The molecular formula is C37H61F29O2. The van der Waals surface area contributed by atoms with Crippen molar-refractivity contribution in [3.05, 3.63) is 0 Å². The van der Waals surface area contributed by atoms with Gasteiger partial charge in [-0.2, -0.15) is 74.6 Å². The number of ether oxygens (including phenoxy) is 2. The van der Waals surface area contributed by atoms with Crippen LogP contribution in [0.5, 0.6) is 0 Å². The van der Waals surface area contributed by atoms with E-state index >= 15 is 0 Å². The van der Waals surface area contributed by atoms with Crippen molar-refractivity contribution in [3.8, 4) is 0 Å². The zero-order valence-electron chi connectivity index (χ0n) is 39.2. The minimum Gasteiger partial charge on any atom is -0.382 e. The lowest BCUT2D eigenvalue weighted by Crippen LogP contribution is -2.33. The number of hydrogen-bond donors (Lipinski definition) is 0. The van der Waals surface area contributed by atoms with Crippen LogP contribution in [0, 0.1) is 0 Å². The first-order valence-electron chi connectivity index (χ1n) is 18.9. The molecule has 0 aromatic rings. The van der Waals surface area contributed by atoms with Gasteiger partial charge in [0.05, 0.1) is 24.5 Å². The van der Waals surface area contributed by atoms with Gasteiger partial charge in [-0.15, -0.1) is 0 Å². The van der Waals surface area contributed by atoms with Crippen molar-refractivity contribution in [2.75, 3.05) is 14.2 Å². The minimum atomic E-state index is -5.40. The molecule has 0 amide bonds. The van der Waals surface area contributed by atoms with Gasteiger partial charge in [-0.1, -0.05) is 27.7 Å². The van der Waals surface area contributed by atoms with Crippen LogP contribution in [-0.2, 0) is 9.47 Å². The topological polar surface area (TPSA) is 18.5 Å². The summed E-state index contributed by atoms with van der Waals surface area (Å²) in [6, 6.07) is 0. The molecule has 1 unspecified atom stereocenters. The van der Waals surface area contributed by atoms with Crippen LogP contribution in [0.2, 0.25) is 0 Å². The Labute approximate surface area is 376 Å². The van der Waals surface area contributed by atoms with Crippen LogP contribution in [0.15, 0.2) is 0 Å². The lowest BCUT2D eigenvalue weighted by atomic mass is 10.1. The van der Waals surface area contributed by atoms with Gasteiger partial charge in [0.25, 0.3) is 29.6 Å². The zero-order valence-corrected chi connectivity index (χ0v) is 39.2. The Bertz CT molecular complexity index is 1120. The summed E-state index contributed by atoms with van der Waals surface area (Å²) in [5.41, 5.74) is 0.0417. The predicted molar refractivity (Wildman–Crippen MR) is 195 cm³/mol. The third kappa shape index (κ3) is 90.3. The number of rotatable bonds is 12. The fraction of sp³-hybridized carbons (Fsp3) is 1.00. The molecule has 0 heterocycles. The second kappa shape index (κ2) is 32.8.